The van der Waals surface area contributed by atoms with Crippen LogP contribution in [0, 0.1) is 0 Å². The fourth-order valence-electron chi connectivity index (χ4n) is 6.49. The first-order valence-electron chi connectivity index (χ1n) is 17.9. The van der Waals surface area contributed by atoms with E-state index in [-0.39, 0.29) is 67.7 Å². The van der Waals surface area contributed by atoms with E-state index in [1.165, 1.54) is 46.2 Å². The third-order valence-electron chi connectivity index (χ3n) is 9.24. The number of hydrogen-bond acceptors (Lipinski definition) is 11. The van der Waals surface area contributed by atoms with Gasteiger partial charge in [0.2, 0.25) is 11.2 Å². The molecule has 2 aliphatic heterocycles. The van der Waals surface area contributed by atoms with Gasteiger partial charge in [-0.3, -0.25) is 24.3 Å². The summed E-state index contributed by atoms with van der Waals surface area (Å²) in [6.45, 7) is 4.01. The van der Waals surface area contributed by atoms with Crippen LogP contribution in [0.1, 0.15) is 41.4 Å². The van der Waals surface area contributed by atoms with Crippen LogP contribution in [0.4, 0.5) is 15.4 Å². The van der Waals surface area contributed by atoms with Crippen LogP contribution in [-0.2, 0) is 40.1 Å². The number of hydrogen-bond donors (Lipinski definition) is 4. The fraction of sp³-hybridized carbons (Fsp3) is 0.389. The molecule has 1 aliphatic carbocycles. The Morgan fingerprint density at radius 2 is 1.75 bits per heavy atom. The molecule has 2 saturated heterocycles. The SMILES string of the molecule is CC(=O)Cn1cnc2cc(Br)c(Cl)cc2c1=O.O=C(NS(=O)N1CCN(C(=O)Nc2nccnc2C(=O)NC2Cc3ccccc3C2)CC1)OC1CCCNC1. The maximum atomic E-state index is 13.0. The predicted octanol–water partition coefficient (Wildman–Crippen LogP) is 2.98. The minimum atomic E-state index is -1.78. The molecule has 296 valence electrons. The summed E-state index contributed by atoms with van der Waals surface area (Å²) in [5.41, 5.74) is 2.75. The van der Waals surface area contributed by atoms with Gasteiger partial charge < -0.3 is 20.3 Å². The number of piperidine rings is 1. The first kappa shape index (κ1) is 40.8. The number of amides is 4. The summed E-state index contributed by atoms with van der Waals surface area (Å²) in [5, 5.41) is 9.69. The van der Waals surface area contributed by atoms with Crippen molar-refractivity contribution >= 4 is 79.2 Å². The van der Waals surface area contributed by atoms with E-state index < -0.39 is 29.2 Å². The predicted molar refractivity (Wildman–Crippen MR) is 212 cm³/mol. The lowest BCUT2D eigenvalue weighted by Gasteiger charge is -2.33. The number of carbonyl (C=O) groups is 4. The summed E-state index contributed by atoms with van der Waals surface area (Å²) < 4.78 is 23.8. The number of aromatic nitrogens is 4. The number of urea groups is 1. The Hall–Kier alpha value is -4.82. The molecule has 4 N–H and O–H groups in total. The number of Topliss-reactive ketones (excluding diaryl/α,β-unsaturated/α-hetero) is 1. The molecule has 0 saturated carbocycles. The third kappa shape index (κ3) is 10.5. The van der Waals surface area contributed by atoms with Gasteiger partial charge in [-0.1, -0.05) is 35.9 Å². The van der Waals surface area contributed by atoms with E-state index in [4.69, 9.17) is 16.3 Å². The Morgan fingerprint density at radius 1 is 1.04 bits per heavy atom. The molecular weight excluding hydrogens is 832 g/mol. The van der Waals surface area contributed by atoms with Gasteiger partial charge in [0.25, 0.3) is 11.5 Å². The second kappa shape index (κ2) is 18.9. The van der Waals surface area contributed by atoms with E-state index in [0.29, 0.717) is 26.9 Å². The lowest BCUT2D eigenvalue weighted by Crippen LogP contribution is -2.53. The Labute approximate surface area is 337 Å². The third-order valence-corrected chi connectivity index (χ3v) is 11.6. The zero-order valence-electron chi connectivity index (χ0n) is 30.3. The molecule has 4 heterocycles. The van der Waals surface area contributed by atoms with Crippen LogP contribution in [0.15, 0.2) is 64.4 Å². The van der Waals surface area contributed by atoms with E-state index in [0.717, 1.165) is 32.2 Å². The van der Waals surface area contributed by atoms with Gasteiger partial charge in [-0.05, 0) is 78.3 Å². The van der Waals surface area contributed by atoms with Crippen molar-refractivity contribution < 1.29 is 28.1 Å². The maximum Gasteiger partial charge on any atom is 0.420 e. The molecule has 2 aromatic carbocycles. The number of carbonyl (C=O) groups excluding carboxylic acids is 4. The van der Waals surface area contributed by atoms with Crippen LogP contribution in [0.5, 0.6) is 0 Å². The standard InChI is InChI=1S/C25H32N8O5S.C11H8BrClN2O2/c34-23(29-19-14-17-4-1-2-5-18(17)15-19)21-22(28-9-8-27-21)30-24(35)32-10-12-33(13-11-32)39(37)31-25(36)38-20-6-3-7-26-16-20;1-6(16)4-15-5-14-10-3-8(12)9(13)2-7(10)11(15)17/h1-2,4-5,8-9,19-20,26H,3,6-7,10-16H2,(H,29,34)(H,31,36)(H,28,30,35);2-3,5H,4H2,1H3. The van der Waals surface area contributed by atoms with Crippen LogP contribution < -0.4 is 26.2 Å². The number of rotatable bonds is 8. The molecule has 20 heteroatoms. The van der Waals surface area contributed by atoms with Crippen molar-refractivity contribution in [2.75, 3.05) is 44.6 Å². The minimum Gasteiger partial charge on any atom is -0.444 e. The number of halogens is 2. The molecule has 2 aromatic heterocycles. The van der Waals surface area contributed by atoms with Crippen LogP contribution >= 0.6 is 27.5 Å². The molecule has 0 spiro atoms. The molecule has 0 radical (unpaired) electrons. The number of nitrogens with one attached hydrogen (secondary N) is 4. The van der Waals surface area contributed by atoms with E-state index in [1.807, 2.05) is 12.1 Å². The van der Waals surface area contributed by atoms with Gasteiger partial charge in [-0.2, -0.15) is 0 Å². The number of benzene rings is 2. The van der Waals surface area contributed by atoms with Crippen molar-refractivity contribution in [1.29, 1.82) is 0 Å². The van der Waals surface area contributed by atoms with Crippen molar-refractivity contribution in [3.63, 3.8) is 0 Å². The minimum absolute atomic E-state index is 0.0233. The molecule has 56 heavy (non-hydrogen) atoms. The summed E-state index contributed by atoms with van der Waals surface area (Å²) in [7, 11) is 0. The van der Waals surface area contributed by atoms with Crippen LogP contribution in [0.3, 0.4) is 0 Å². The highest BCUT2D eigenvalue weighted by Crippen LogP contribution is 2.26. The van der Waals surface area contributed by atoms with Crippen LogP contribution in [0.2, 0.25) is 5.02 Å². The van der Waals surface area contributed by atoms with Crippen molar-refractivity contribution in [3.8, 4) is 0 Å². The zero-order chi connectivity index (χ0) is 39.8. The molecular formula is C36H40BrClN10O7S. The average Bonchev–Trinajstić information content (AvgIpc) is 3.60. The number of anilines is 1. The van der Waals surface area contributed by atoms with Crippen LogP contribution in [-0.4, -0.2) is 108 Å². The van der Waals surface area contributed by atoms with Crippen molar-refractivity contribution in [1.82, 2.24) is 44.1 Å². The monoisotopic (exact) mass is 870 g/mol. The van der Waals surface area contributed by atoms with Crippen LogP contribution in [0.25, 0.3) is 10.9 Å². The molecule has 0 bridgehead atoms. The van der Waals surface area contributed by atoms with Gasteiger partial charge in [-0.25, -0.2) is 37.8 Å². The number of piperazine rings is 1. The Bertz CT molecular complexity index is 2170. The molecule has 2 atom stereocenters. The van der Waals surface area contributed by atoms with Gasteiger partial charge in [0, 0.05) is 55.6 Å². The largest absolute Gasteiger partial charge is 0.444 e. The fourth-order valence-corrected chi connectivity index (χ4v) is 7.80. The number of ketones is 1. The topological polar surface area (TPSA) is 210 Å². The van der Waals surface area contributed by atoms with Gasteiger partial charge in [0.05, 0.1) is 28.8 Å². The Morgan fingerprint density at radius 3 is 2.43 bits per heavy atom. The maximum absolute atomic E-state index is 13.0. The number of fused-ring (bicyclic) bond motifs is 2. The van der Waals surface area contributed by atoms with E-state index >= 15 is 0 Å². The summed E-state index contributed by atoms with van der Waals surface area (Å²) in [6.07, 6.45) is 6.38. The molecule has 17 nitrogen and oxygen atoms in total. The van der Waals surface area contributed by atoms with Gasteiger partial charge in [0.1, 0.15) is 11.9 Å². The number of nitrogens with zero attached hydrogens (tertiary/aromatic N) is 6. The summed E-state index contributed by atoms with van der Waals surface area (Å²) >= 11 is 7.41. The second-order valence-electron chi connectivity index (χ2n) is 13.3. The molecule has 3 aliphatic rings. The molecule has 2 unspecified atom stereocenters. The van der Waals surface area contributed by atoms with E-state index in [2.05, 4.69) is 63.7 Å². The zero-order valence-corrected chi connectivity index (χ0v) is 33.5. The molecule has 4 amide bonds. The highest BCUT2D eigenvalue weighted by Gasteiger charge is 2.29. The number of ether oxygens (including phenoxy) is 1. The second-order valence-corrected chi connectivity index (χ2v) is 15.8. The Kier molecular flexibility index (Phi) is 13.8. The van der Waals surface area contributed by atoms with Gasteiger partial charge in [0.15, 0.2) is 11.5 Å². The highest BCUT2D eigenvalue weighted by molar-refractivity contribution is 9.10. The molecule has 2 fully saturated rings. The lowest BCUT2D eigenvalue weighted by molar-refractivity contribution is -0.117. The summed E-state index contributed by atoms with van der Waals surface area (Å²) in [6, 6.07) is 10.8. The lowest BCUT2D eigenvalue weighted by atomic mass is 10.1. The molecule has 7 rings (SSSR count). The normalized spacial score (nSPS) is 17.6. The average molecular weight is 872 g/mol. The van der Waals surface area contributed by atoms with Crippen molar-refractivity contribution in [2.24, 2.45) is 0 Å². The van der Waals surface area contributed by atoms with Gasteiger partial charge >= 0.3 is 12.1 Å². The van der Waals surface area contributed by atoms with E-state index in [9.17, 15) is 28.2 Å². The van der Waals surface area contributed by atoms with Crippen molar-refractivity contribution in [2.45, 2.75) is 51.3 Å². The summed E-state index contributed by atoms with van der Waals surface area (Å²) in [5.74, 6) is -0.432. The Balaban J connectivity index is 0.000000261. The first-order chi connectivity index (χ1) is 26.9. The smallest absolute Gasteiger partial charge is 0.420 e. The van der Waals surface area contributed by atoms with E-state index in [1.54, 1.807) is 16.4 Å². The first-order valence-corrected chi connectivity index (χ1v) is 20.2. The highest BCUT2D eigenvalue weighted by atomic mass is 79.9. The van der Waals surface area contributed by atoms with Gasteiger partial charge in [-0.15, -0.1) is 0 Å². The van der Waals surface area contributed by atoms with Crippen molar-refractivity contribution in [3.05, 3.63) is 91.8 Å². The quantitative estimate of drug-likeness (QED) is 0.202. The molecule has 4 aromatic rings. The summed E-state index contributed by atoms with van der Waals surface area (Å²) in [4.78, 5) is 75.0.